The second-order valence-corrected chi connectivity index (χ2v) is 6.28. The predicted octanol–water partition coefficient (Wildman–Crippen LogP) is 4.08. The predicted molar refractivity (Wildman–Crippen MR) is 90.0 cm³/mol. The summed E-state index contributed by atoms with van der Waals surface area (Å²) in [6.45, 7) is 9.75. The lowest BCUT2D eigenvalue weighted by Crippen LogP contribution is -2.35. The van der Waals surface area contributed by atoms with Crippen LogP contribution in [0.5, 0.6) is 5.75 Å². The number of benzene rings is 1. The Bertz CT molecular complexity index is 447. The highest BCUT2D eigenvalue weighted by Gasteiger charge is 2.20. The van der Waals surface area contributed by atoms with Gasteiger partial charge in [0.2, 0.25) is 0 Å². The molecule has 0 bridgehead atoms. The molecule has 0 saturated carbocycles. The molecule has 1 aromatic carbocycles. The van der Waals surface area contributed by atoms with Gasteiger partial charge in [-0.3, -0.25) is 0 Å². The molecule has 3 heteroatoms. The summed E-state index contributed by atoms with van der Waals surface area (Å²) in [5.41, 5.74) is 2.16. The highest BCUT2D eigenvalue weighted by Crippen LogP contribution is 2.31. The van der Waals surface area contributed by atoms with Gasteiger partial charge in [-0.1, -0.05) is 26.3 Å². The van der Waals surface area contributed by atoms with Crippen LogP contribution in [-0.4, -0.2) is 24.7 Å². The average molecular weight is 290 g/mol. The van der Waals surface area contributed by atoms with Crippen molar-refractivity contribution in [2.45, 2.75) is 52.5 Å². The van der Waals surface area contributed by atoms with E-state index >= 15 is 0 Å². The van der Waals surface area contributed by atoms with E-state index < -0.39 is 0 Å². The summed E-state index contributed by atoms with van der Waals surface area (Å²) in [5.74, 6) is 1.22. The second kappa shape index (κ2) is 7.69. The molecule has 2 N–H and O–H groups in total. The molecule has 3 nitrogen and oxygen atoms in total. The SMILES string of the molecule is CCCNC(C)c1ccc(N2CCCC(CC)C2)cc1O. The molecule has 118 valence electrons. The van der Waals surface area contributed by atoms with Crippen molar-refractivity contribution in [1.29, 1.82) is 0 Å². The van der Waals surface area contributed by atoms with Gasteiger partial charge in [0.15, 0.2) is 0 Å². The van der Waals surface area contributed by atoms with Crippen molar-refractivity contribution in [3.8, 4) is 5.75 Å². The molecule has 1 saturated heterocycles. The van der Waals surface area contributed by atoms with Crippen LogP contribution in [0.4, 0.5) is 5.69 Å². The summed E-state index contributed by atoms with van der Waals surface area (Å²) < 4.78 is 0. The minimum atomic E-state index is 0.198. The van der Waals surface area contributed by atoms with E-state index in [1.807, 2.05) is 6.07 Å². The maximum Gasteiger partial charge on any atom is 0.122 e. The molecule has 21 heavy (non-hydrogen) atoms. The van der Waals surface area contributed by atoms with Gasteiger partial charge in [-0.15, -0.1) is 0 Å². The molecule has 2 rings (SSSR count). The summed E-state index contributed by atoms with van der Waals surface area (Å²) in [4.78, 5) is 2.42. The van der Waals surface area contributed by atoms with Crippen molar-refractivity contribution >= 4 is 5.69 Å². The first-order chi connectivity index (χ1) is 10.2. The van der Waals surface area contributed by atoms with Crippen LogP contribution in [0.1, 0.15) is 58.1 Å². The fourth-order valence-electron chi connectivity index (χ4n) is 3.20. The maximum atomic E-state index is 10.3. The standard InChI is InChI=1S/C18H30N2O/c1-4-10-19-14(3)17-9-8-16(12-18(17)21)20-11-6-7-15(5-2)13-20/h8-9,12,14-15,19,21H,4-7,10-11,13H2,1-3H3. The zero-order chi connectivity index (χ0) is 15.2. The van der Waals surface area contributed by atoms with E-state index in [9.17, 15) is 5.11 Å². The molecule has 0 spiro atoms. The number of aromatic hydroxyl groups is 1. The van der Waals surface area contributed by atoms with Gasteiger partial charge in [0.25, 0.3) is 0 Å². The summed E-state index contributed by atoms with van der Waals surface area (Å²) >= 11 is 0. The Hall–Kier alpha value is -1.22. The number of phenols is 1. The van der Waals surface area contributed by atoms with Crippen LogP contribution < -0.4 is 10.2 Å². The summed E-state index contributed by atoms with van der Waals surface area (Å²) in [6.07, 6.45) is 4.96. The van der Waals surface area contributed by atoms with Crippen molar-refractivity contribution in [3.05, 3.63) is 23.8 Å². The van der Waals surface area contributed by atoms with Crippen LogP contribution in [0.3, 0.4) is 0 Å². The van der Waals surface area contributed by atoms with E-state index in [1.165, 1.54) is 19.3 Å². The lowest BCUT2D eigenvalue weighted by atomic mass is 9.95. The number of nitrogens with zero attached hydrogens (tertiary/aromatic N) is 1. The number of piperidine rings is 1. The van der Waals surface area contributed by atoms with E-state index in [1.54, 1.807) is 0 Å². The number of anilines is 1. The van der Waals surface area contributed by atoms with Gasteiger partial charge in [0.05, 0.1) is 0 Å². The third-order valence-corrected chi connectivity index (χ3v) is 4.64. The van der Waals surface area contributed by atoms with Crippen LogP contribution in [0, 0.1) is 5.92 Å². The Kier molecular flexibility index (Phi) is 5.92. The van der Waals surface area contributed by atoms with Crippen molar-refractivity contribution in [2.75, 3.05) is 24.5 Å². The summed E-state index contributed by atoms with van der Waals surface area (Å²) in [7, 11) is 0. The fraction of sp³-hybridized carbons (Fsp3) is 0.667. The number of nitrogens with one attached hydrogen (secondary N) is 1. The number of hydrogen-bond donors (Lipinski definition) is 2. The number of hydrogen-bond acceptors (Lipinski definition) is 3. The van der Waals surface area contributed by atoms with E-state index in [0.29, 0.717) is 5.75 Å². The van der Waals surface area contributed by atoms with Gasteiger partial charge >= 0.3 is 0 Å². The Morgan fingerprint density at radius 3 is 2.86 bits per heavy atom. The maximum absolute atomic E-state index is 10.3. The molecule has 1 heterocycles. The zero-order valence-corrected chi connectivity index (χ0v) is 13.7. The minimum Gasteiger partial charge on any atom is -0.508 e. The van der Waals surface area contributed by atoms with Gasteiger partial charge in [-0.2, -0.15) is 0 Å². The van der Waals surface area contributed by atoms with Crippen molar-refractivity contribution < 1.29 is 5.11 Å². The normalized spacial score (nSPS) is 20.5. The Balaban J connectivity index is 2.07. The first-order valence-corrected chi connectivity index (χ1v) is 8.46. The molecule has 0 radical (unpaired) electrons. The van der Waals surface area contributed by atoms with Crippen molar-refractivity contribution in [3.63, 3.8) is 0 Å². The molecule has 2 atom stereocenters. The first kappa shape index (κ1) is 16.2. The highest BCUT2D eigenvalue weighted by atomic mass is 16.3. The van der Waals surface area contributed by atoms with Gasteiger partial charge in [0, 0.05) is 36.4 Å². The molecule has 1 aromatic rings. The third kappa shape index (κ3) is 4.13. The monoisotopic (exact) mass is 290 g/mol. The molecule has 0 aromatic heterocycles. The Morgan fingerprint density at radius 1 is 1.38 bits per heavy atom. The van der Waals surface area contributed by atoms with Gasteiger partial charge in [-0.25, -0.2) is 0 Å². The molecular formula is C18H30N2O. The van der Waals surface area contributed by atoms with E-state index in [2.05, 4.69) is 43.1 Å². The number of phenolic OH excluding ortho intramolecular Hbond substituents is 1. The largest absolute Gasteiger partial charge is 0.508 e. The van der Waals surface area contributed by atoms with Crippen molar-refractivity contribution in [1.82, 2.24) is 5.32 Å². The zero-order valence-electron chi connectivity index (χ0n) is 13.7. The first-order valence-electron chi connectivity index (χ1n) is 8.46. The molecule has 2 unspecified atom stereocenters. The van der Waals surface area contributed by atoms with Crippen molar-refractivity contribution in [2.24, 2.45) is 5.92 Å². The molecule has 1 aliphatic rings. The lowest BCUT2D eigenvalue weighted by molar-refractivity contribution is 0.403. The third-order valence-electron chi connectivity index (χ3n) is 4.64. The minimum absolute atomic E-state index is 0.198. The second-order valence-electron chi connectivity index (χ2n) is 6.28. The quantitative estimate of drug-likeness (QED) is 0.828. The van der Waals surface area contributed by atoms with Crippen LogP contribution in [0.2, 0.25) is 0 Å². The van der Waals surface area contributed by atoms with Crippen LogP contribution >= 0.6 is 0 Å². The number of rotatable bonds is 6. The van der Waals surface area contributed by atoms with Gasteiger partial charge in [-0.05, 0) is 44.7 Å². The fourth-order valence-corrected chi connectivity index (χ4v) is 3.20. The highest BCUT2D eigenvalue weighted by molar-refractivity contribution is 5.54. The molecule has 1 aliphatic heterocycles. The molecule has 0 aliphatic carbocycles. The van der Waals surface area contributed by atoms with Crippen LogP contribution in [-0.2, 0) is 0 Å². The van der Waals surface area contributed by atoms with Crippen LogP contribution in [0.15, 0.2) is 18.2 Å². The Labute approximate surface area is 129 Å². The van der Waals surface area contributed by atoms with E-state index in [4.69, 9.17) is 0 Å². The average Bonchev–Trinajstić information content (AvgIpc) is 2.52. The van der Waals surface area contributed by atoms with Crippen LogP contribution in [0.25, 0.3) is 0 Å². The van der Waals surface area contributed by atoms with E-state index in [-0.39, 0.29) is 6.04 Å². The van der Waals surface area contributed by atoms with E-state index in [0.717, 1.165) is 43.2 Å². The molecular weight excluding hydrogens is 260 g/mol. The van der Waals surface area contributed by atoms with Gasteiger partial charge in [0.1, 0.15) is 5.75 Å². The summed E-state index contributed by atoms with van der Waals surface area (Å²) in [5, 5.41) is 13.8. The van der Waals surface area contributed by atoms with Gasteiger partial charge < -0.3 is 15.3 Å². The topological polar surface area (TPSA) is 35.5 Å². The lowest BCUT2D eigenvalue weighted by Gasteiger charge is -2.34. The smallest absolute Gasteiger partial charge is 0.122 e. The molecule has 1 fully saturated rings. The Morgan fingerprint density at radius 2 is 2.19 bits per heavy atom. The summed E-state index contributed by atoms with van der Waals surface area (Å²) in [6, 6.07) is 6.38. The molecule has 0 amide bonds.